The Hall–Kier alpha value is -6.66. The SMILES string of the molecule is O=C(N[C@@H](CSSC[C@H](NC(=O)OCC1c2ccccc2-c2ccccc21)C(=O)ON1C(=O)CCC1=O)C(=O)ON1C(=O)CCC1=O)OCC1c2ccccc2-c2ccccc21. The van der Waals surface area contributed by atoms with Gasteiger partial charge in [-0.05, 0) is 44.5 Å². The zero-order chi connectivity index (χ0) is 43.3. The van der Waals surface area contributed by atoms with E-state index in [1.807, 2.05) is 97.1 Å². The number of imide groups is 2. The summed E-state index contributed by atoms with van der Waals surface area (Å²) in [5, 5.41) is 5.66. The Balaban J connectivity index is 0.917. The summed E-state index contributed by atoms with van der Waals surface area (Å²) >= 11 is 0. The average molecular weight is 879 g/mol. The first-order valence-electron chi connectivity index (χ1n) is 19.7. The summed E-state index contributed by atoms with van der Waals surface area (Å²) in [6, 6.07) is 28.1. The maximum Gasteiger partial charge on any atom is 0.407 e. The topological polar surface area (TPSA) is 204 Å². The molecule has 2 N–H and O–H groups in total. The molecule has 318 valence electrons. The first-order valence-corrected chi connectivity index (χ1v) is 22.2. The molecule has 8 rings (SSSR count). The highest BCUT2D eigenvalue weighted by molar-refractivity contribution is 8.76. The molecule has 4 aliphatic rings. The normalized spacial score (nSPS) is 16.3. The van der Waals surface area contributed by atoms with Crippen LogP contribution in [0.5, 0.6) is 0 Å². The molecule has 4 aromatic carbocycles. The van der Waals surface area contributed by atoms with Crippen molar-refractivity contribution in [2.75, 3.05) is 24.7 Å². The summed E-state index contributed by atoms with van der Waals surface area (Å²) in [6.07, 6.45) is -2.55. The van der Waals surface area contributed by atoms with E-state index in [4.69, 9.17) is 19.1 Å². The van der Waals surface area contributed by atoms with Crippen LogP contribution >= 0.6 is 21.6 Å². The van der Waals surface area contributed by atoms with Gasteiger partial charge in [0.15, 0.2) is 0 Å². The molecular formula is C44H38N4O12S2. The Bertz CT molecular complexity index is 2190. The minimum Gasteiger partial charge on any atom is -0.449 e. The van der Waals surface area contributed by atoms with Crippen molar-refractivity contribution in [3.05, 3.63) is 119 Å². The number of hydrogen-bond acceptors (Lipinski definition) is 14. The standard InChI is InChI=1S/C44H38N4O12S2/c49-37-17-18-38(50)47(37)59-41(53)35(45-43(55)57-21-33-29-13-5-1-9-25(29)26-10-2-6-14-30(26)33)23-61-62-24-36(42(54)60-48-39(51)19-20-40(48)52)46-44(56)58-22-34-31-15-7-3-11-27(31)28-12-4-8-16-32(28)34/h1-16,33-36H,17-24H2,(H,45,55)(H,46,56)/t35-,36-/m0/s1. The van der Waals surface area contributed by atoms with Gasteiger partial charge in [0.1, 0.15) is 25.3 Å². The van der Waals surface area contributed by atoms with Crippen LogP contribution in [0.2, 0.25) is 0 Å². The van der Waals surface area contributed by atoms with Gasteiger partial charge in [-0.15, -0.1) is 10.1 Å². The molecule has 16 nitrogen and oxygen atoms in total. The second-order valence-electron chi connectivity index (χ2n) is 14.6. The summed E-state index contributed by atoms with van der Waals surface area (Å²) in [4.78, 5) is 113. The summed E-state index contributed by atoms with van der Waals surface area (Å²) in [7, 11) is 1.92. The van der Waals surface area contributed by atoms with Crippen LogP contribution in [0, 0.1) is 0 Å². The molecule has 6 amide bonds. The smallest absolute Gasteiger partial charge is 0.407 e. The summed E-state index contributed by atoms with van der Waals surface area (Å²) < 4.78 is 11.3. The number of nitrogens with zero attached hydrogens (tertiary/aromatic N) is 2. The van der Waals surface area contributed by atoms with Crippen LogP contribution in [-0.4, -0.2) is 94.7 Å². The molecule has 0 radical (unpaired) electrons. The van der Waals surface area contributed by atoms with Crippen molar-refractivity contribution >= 4 is 69.3 Å². The molecule has 2 atom stereocenters. The second kappa shape index (κ2) is 18.5. The van der Waals surface area contributed by atoms with Crippen molar-refractivity contribution in [1.82, 2.24) is 20.8 Å². The Kier molecular flexibility index (Phi) is 12.6. The van der Waals surface area contributed by atoms with Crippen LogP contribution < -0.4 is 10.6 Å². The molecule has 18 heteroatoms. The monoisotopic (exact) mass is 878 g/mol. The molecular weight excluding hydrogens is 841 g/mol. The van der Waals surface area contributed by atoms with Crippen LogP contribution in [-0.2, 0) is 47.9 Å². The summed E-state index contributed by atoms with van der Waals surface area (Å²) in [5.74, 6) is -6.18. The number of hydrogen-bond donors (Lipinski definition) is 2. The zero-order valence-electron chi connectivity index (χ0n) is 32.8. The van der Waals surface area contributed by atoms with Crippen molar-refractivity contribution in [3.8, 4) is 22.3 Å². The van der Waals surface area contributed by atoms with Gasteiger partial charge in [-0.3, -0.25) is 19.2 Å². The highest BCUT2D eigenvalue weighted by atomic mass is 33.1. The number of hydroxylamine groups is 4. The molecule has 0 bridgehead atoms. The first-order chi connectivity index (χ1) is 30.1. The molecule has 4 aromatic rings. The predicted molar refractivity (Wildman–Crippen MR) is 223 cm³/mol. The molecule has 2 fully saturated rings. The molecule has 0 saturated carbocycles. The molecule has 2 heterocycles. The first kappa shape index (κ1) is 42.0. The number of carbonyl (C=O) groups excluding carboxylic acids is 8. The van der Waals surface area contributed by atoms with E-state index >= 15 is 0 Å². The van der Waals surface area contributed by atoms with Crippen LogP contribution in [0.4, 0.5) is 9.59 Å². The molecule has 0 spiro atoms. The molecule has 2 aliphatic heterocycles. The van der Waals surface area contributed by atoms with Crippen molar-refractivity contribution in [1.29, 1.82) is 0 Å². The fourth-order valence-electron chi connectivity index (χ4n) is 7.76. The maximum absolute atomic E-state index is 13.4. The van der Waals surface area contributed by atoms with Gasteiger partial charge in [0.25, 0.3) is 23.6 Å². The highest BCUT2D eigenvalue weighted by Crippen LogP contribution is 2.45. The Morgan fingerprint density at radius 2 is 0.790 bits per heavy atom. The summed E-state index contributed by atoms with van der Waals surface area (Å²) in [5.41, 5.74) is 7.92. The third-order valence-electron chi connectivity index (χ3n) is 10.8. The van der Waals surface area contributed by atoms with Crippen molar-refractivity contribution in [2.24, 2.45) is 0 Å². The van der Waals surface area contributed by atoms with Gasteiger partial charge in [-0.25, -0.2) is 19.2 Å². The van der Waals surface area contributed by atoms with E-state index in [9.17, 15) is 38.4 Å². The summed E-state index contributed by atoms with van der Waals surface area (Å²) in [6.45, 7) is -0.139. The van der Waals surface area contributed by atoms with E-state index in [0.29, 0.717) is 10.1 Å². The van der Waals surface area contributed by atoms with Gasteiger partial charge in [-0.1, -0.05) is 119 Å². The number of amides is 6. The quantitative estimate of drug-likeness (QED) is 0.0873. The van der Waals surface area contributed by atoms with Crippen molar-refractivity contribution in [3.63, 3.8) is 0 Å². The lowest BCUT2D eigenvalue weighted by molar-refractivity contribution is -0.198. The lowest BCUT2D eigenvalue weighted by atomic mass is 9.98. The number of carbonyl (C=O) groups is 8. The lowest BCUT2D eigenvalue weighted by Gasteiger charge is -2.22. The van der Waals surface area contributed by atoms with Crippen LogP contribution in [0.15, 0.2) is 97.1 Å². The highest BCUT2D eigenvalue weighted by Gasteiger charge is 2.38. The van der Waals surface area contributed by atoms with Crippen LogP contribution in [0.1, 0.15) is 59.8 Å². The minimum atomic E-state index is -1.47. The number of benzene rings is 4. The van der Waals surface area contributed by atoms with Gasteiger partial charge >= 0.3 is 24.1 Å². The van der Waals surface area contributed by atoms with E-state index in [0.717, 1.165) is 66.1 Å². The number of alkyl carbamates (subject to hydrolysis) is 2. The van der Waals surface area contributed by atoms with Crippen molar-refractivity contribution in [2.45, 2.75) is 49.6 Å². The van der Waals surface area contributed by atoms with Crippen molar-refractivity contribution < 1.29 is 57.5 Å². The number of ether oxygens (including phenoxy) is 2. The van der Waals surface area contributed by atoms with Gasteiger partial charge in [-0.2, -0.15) is 0 Å². The predicted octanol–water partition coefficient (Wildman–Crippen LogP) is 5.40. The van der Waals surface area contributed by atoms with E-state index in [2.05, 4.69) is 10.6 Å². The minimum absolute atomic E-state index is 0.0695. The molecule has 62 heavy (non-hydrogen) atoms. The molecule has 2 aliphatic carbocycles. The fourth-order valence-corrected chi connectivity index (χ4v) is 10.1. The van der Waals surface area contributed by atoms with E-state index < -0.39 is 59.8 Å². The van der Waals surface area contributed by atoms with E-state index in [1.165, 1.54) is 0 Å². The maximum atomic E-state index is 13.4. The largest absolute Gasteiger partial charge is 0.449 e. The van der Waals surface area contributed by atoms with Gasteiger partial charge in [0.2, 0.25) is 0 Å². The Labute approximate surface area is 362 Å². The lowest BCUT2D eigenvalue weighted by Crippen LogP contribution is -2.47. The van der Waals surface area contributed by atoms with Gasteiger partial charge in [0, 0.05) is 49.0 Å². The Morgan fingerprint density at radius 3 is 1.10 bits per heavy atom. The number of rotatable bonds is 15. The number of nitrogens with one attached hydrogen (secondary N) is 2. The van der Waals surface area contributed by atoms with E-state index in [1.54, 1.807) is 0 Å². The van der Waals surface area contributed by atoms with Crippen LogP contribution in [0.25, 0.3) is 22.3 Å². The van der Waals surface area contributed by atoms with Gasteiger partial charge < -0.3 is 29.8 Å². The van der Waals surface area contributed by atoms with E-state index in [-0.39, 0.29) is 62.2 Å². The fraction of sp³-hybridized carbons (Fsp3) is 0.273. The van der Waals surface area contributed by atoms with Gasteiger partial charge in [0.05, 0.1) is 0 Å². The molecule has 2 saturated heterocycles. The number of fused-ring (bicyclic) bond motifs is 6. The third-order valence-corrected chi connectivity index (χ3v) is 13.2. The average Bonchev–Trinajstić information content (AvgIpc) is 3.99. The second-order valence-corrected chi connectivity index (χ2v) is 17.2. The molecule has 0 aromatic heterocycles. The molecule has 0 unspecified atom stereocenters. The van der Waals surface area contributed by atoms with Crippen LogP contribution in [0.3, 0.4) is 0 Å². The third kappa shape index (κ3) is 8.87. The Morgan fingerprint density at radius 1 is 0.500 bits per heavy atom. The zero-order valence-corrected chi connectivity index (χ0v) is 34.4.